The first-order valence-electron chi connectivity index (χ1n) is 11.0. The van der Waals surface area contributed by atoms with Crippen LogP contribution >= 0.6 is 0 Å². The van der Waals surface area contributed by atoms with Gasteiger partial charge >= 0.3 is 0 Å². The van der Waals surface area contributed by atoms with Crippen molar-refractivity contribution in [2.45, 2.75) is 69.4 Å². The minimum atomic E-state index is -0.685. The molecule has 0 spiro atoms. The summed E-state index contributed by atoms with van der Waals surface area (Å²) in [5.74, 6) is 0.482. The summed E-state index contributed by atoms with van der Waals surface area (Å²) >= 11 is 0. The van der Waals surface area contributed by atoms with E-state index in [-0.39, 0.29) is 42.0 Å². The number of nitrogens with zero attached hydrogens (tertiary/aromatic N) is 4. The number of benzene rings is 1. The standard InChI is InChI=1S/C23H29N5O2/c1-13-3-5-15(6-4-13)14(2)27-18-9-21(23(27)30)26(11-18)12-19(25)22(29)28-17(10-24)7-16-8-20(16)28/h3-6,14,16-21H,7-9,11-12,25H2,1-2H3/t14-,16?,17-,18+,19-,20-,21+/m0/s1. The van der Waals surface area contributed by atoms with Crippen molar-refractivity contribution in [3.63, 3.8) is 0 Å². The van der Waals surface area contributed by atoms with Crippen LogP contribution in [0, 0.1) is 24.2 Å². The molecule has 2 N–H and O–H groups in total. The number of carbonyl (C=O) groups is 2. The summed E-state index contributed by atoms with van der Waals surface area (Å²) in [7, 11) is 0. The van der Waals surface area contributed by atoms with Gasteiger partial charge in [0.15, 0.2) is 0 Å². The number of carbonyl (C=O) groups excluding carboxylic acids is 2. The fraction of sp³-hybridized carbons (Fsp3) is 0.609. The van der Waals surface area contributed by atoms with Gasteiger partial charge in [0.25, 0.3) is 0 Å². The molecule has 1 aromatic carbocycles. The van der Waals surface area contributed by atoms with Crippen LogP contribution in [0.1, 0.15) is 43.4 Å². The SMILES string of the molecule is Cc1ccc([C@H](C)N2C(=O)[C@H]3C[C@@H]2CN3C[C@H](N)C(=O)N2[C@H](C#N)CC3C[C@@H]32)cc1. The van der Waals surface area contributed by atoms with Gasteiger partial charge in [-0.25, -0.2) is 0 Å². The highest BCUT2D eigenvalue weighted by molar-refractivity contribution is 5.87. The molecule has 3 heterocycles. The Morgan fingerprint density at radius 1 is 1.27 bits per heavy atom. The second kappa shape index (κ2) is 7.07. The molecule has 1 unspecified atom stereocenters. The Labute approximate surface area is 177 Å². The number of likely N-dealkylation sites (tertiary alicyclic amines) is 3. The average molecular weight is 408 g/mol. The molecule has 1 aromatic rings. The van der Waals surface area contributed by atoms with Crippen molar-refractivity contribution < 1.29 is 9.59 Å². The molecule has 0 radical (unpaired) electrons. The number of hydrogen-bond donors (Lipinski definition) is 1. The second-order valence-electron chi connectivity index (χ2n) is 9.49. The molecular formula is C23H29N5O2. The average Bonchev–Trinajstić information content (AvgIpc) is 3.07. The van der Waals surface area contributed by atoms with Crippen molar-refractivity contribution in [1.29, 1.82) is 5.26 Å². The van der Waals surface area contributed by atoms with Crippen LogP contribution < -0.4 is 5.73 Å². The first kappa shape index (κ1) is 19.5. The van der Waals surface area contributed by atoms with Gasteiger partial charge in [-0.1, -0.05) is 29.8 Å². The van der Waals surface area contributed by atoms with Crippen molar-refractivity contribution in [2.24, 2.45) is 11.7 Å². The van der Waals surface area contributed by atoms with Gasteiger partial charge in [0.2, 0.25) is 11.8 Å². The summed E-state index contributed by atoms with van der Waals surface area (Å²) in [5.41, 5.74) is 8.64. The number of hydrogen-bond acceptors (Lipinski definition) is 5. The monoisotopic (exact) mass is 407 g/mol. The van der Waals surface area contributed by atoms with E-state index in [0.717, 1.165) is 31.4 Å². The predicted octanol–water partition coefficient (Wildman–Crippen LogP) is 1.18. The zero-order chi connectivity index (χ0) is 21.2. The van der Waals surface area contributed by atoms with Gasteiger partial charge in [-0.15, -0.1) is 0 Å². The Morgan fingerprint density at radius 2 is 2.00 bits per heavy atom. The van der Waals surface area contributed by atoms with Gasteiger partial charge in [0.05, 0.1) is 24.2 Å². The molecule has 3 aliphatic heterocycles. The van der Waals surface area contributed by atoms with Crippen LogP contribution in [0.2, 0.25) is 0 Å². The summed E-state index contributed by atoms with van der Waals surface area (Å²) in [5, 5.41) is 9.36. The van der Waals surface area contributed by atoms with Crippen LogP contribution in [-0.2, 0) is 9.59 Å². The van der Waals surface area contributed by atoms with Crippen molar-refractivity contribution in [2.75, 3.05) is 13.1 Å². The topological polar surface area (TPSA) is 93.7 Å². The van der Waals surface area contributed by atoms with E-state index in [0.29, 0.717) is 12.5 Å². The van der Waals surface area contributed by atoms with Gasteiger partial charge in [-0.05, 0) is 44.6 Å². The van der Waals surface area contributed by atoms with E-state index in [4.69, 9.17) is 5.73 Å². The molecule has 5 rings (SSSR count). The fourth-order valence-corrected chi connectivity index (χ4v) is 5.82. The Kier molecular flexibility index (Phi) is 4.60. The minimum Gasteiger partial charge on any atom is -0.330 e. The summed E-state index contributed by atoms with van der Waals surface area (Å²) in [6, 6.07) is 9.79. The molecule has 4 aliphatic rings. The van der Waals surface area contributed by atoms with E-state index in [1.807, 2.05) is 4.90 Å². The van der Waals surface area contributed by atoms with Gasteiger partial charge < -0.3 is 15.5 Å². The molecule has 7 nitrogen and oxygen atoms in total. The summed E-state index contributed by atoms with van der Waals surface area (Å²) < 4.78 is 0. The van der Waals surface area contributed by atoms with Crippen molar-refractivity contribution >= 4 is 11.8 Å². The number of nitriles is 1. The van der Waals surface area contributed by atoms with Gasteiger partial charge in [0.1, 0.15) is 6.04 Å². The van der Waals surface area contributed by atoms with Crippen molar-refractivity contribution in [1.82, 2.24) is 14.7 Å². The summed E-state index contributed by atoms with van der Waals surface area (Å²) in [4.78, 5) is 31.9. The number of aryl methyl sites for hydroxylation is 1. The Hall–Kier alpha value is -2.43. The van der Waals surface area contributed by atoms with Gasteiger partial charge in [-0.2, -0.15) is 5.26 Å². The molecule has 4 fully saturated rings. The molecule has 1 saturated carbocycles. The molecule has 30 heavy (non-hydrogen) atoms. The van der Waals surface area contributed by atoms with Crippen LogP contribution in [0.3, 0.4) is 0 Å². The van der Waals surface area contributed by atoms with Crippen molar-refractivity contribution in [3.05, 3.63) is 35.4 Å². The normalized spacial score (nSPS) is 34.1. The molecule has 1 aliphatic carbocycles. The maximum atomic E-state index is 13.1. The largest absolute Gasteiger partial charge is 0.330 e. The van der Waals surface area contributed by atoms with E-state index >= 15 is 0 Å². The Morgan fingerprint density at radius 3 is 2.67 bits per heavy atom. The minimum absolute atomic E-state index is 0.0401. The molecular weight excluding hydrogens is 378 g/mol. The number of piperazine rings is 1. The molecule has 7 atom stereocenters. The molecule has 158 valence electrons. The number of rotatable bonds is 5. The number of piperidine rings is 1. The molecule has 3 saturated heterocycles. The number of fused-ring (bicyclic) bond motifs is 3. The number of nitrogens with two attached hydrogens (primary N) is 1. The Balaban J connectivity index is 1.23. The van der Waals surface area contributed by atoms with E-state index < -0.39 is 6.04 Å². The zero-order valence-corrected chi connectivity index (χ0v) is 17.6. The smallest absolute Gasteiger partial charge is 0.242 e. The van der Waals surface area contributed by atoms with Gasteiger partial charge in [-0.3, -0.25) is 14.5 Å². The lowest BCUT2D eigenvalue weighted by Gasteiger charge is -2.38. The first-order valence-corrected chi connectivity index (χ1v) is 11.0. The van der Waals surface area contributed by atoms with E-state index in [2.05, 4.69) is 49.1 Å². The maximum absolute atomic E-state index is 13.1. The van der Waals surface area contributed by atoms with Crippen LogP contribution in [0.4, 0.5) is 0 Å². The molecule has 7 heteroatoms. The summed E-state index contributed by atoms with van der Waals surface area (Å²) in [6.07, 6.45) is 2.57. The van der Waals surface area contributed by atoms with E-state index in [9.17, 15) is 14.9 Å². The predicted molar refractivity (Wildman–Crippen MR) is 111 cm³/mol. The highest BCUT2D eigenvalue weighted by Crippen LogP contribution is 2.48. The van der Waals surface area contributed by atoms with Crippen LogP contribution in [-0.4, -0.2) is 69.8 Å². The lowest BCUT2D eigenvalue weighted by Crippen LogP contribution is -2.57. The van der Waals surface area contributed by atoms with Crippen LogP contribution in [0.25, 0.3) is 0 Å². The lowest BCUT2D eigenvalue weighted by molar-refractivity contribution is -0.141. The molecule has 2 amide bonds. The highest BCUT2D eigenvalue weighted by atomic mass is 16.2. The Bertz CT molecular complexity index is 909. The van der Waals surface area contributed by atoms with E-state index in [1.54, 1.807) is 4.90 Å². The molecule has 2 bridgehead atoms. The fourth-order valence-electron chi connectivity index (χ4n) is 5.82. The van der Waals surface area contributed by atoms with E-state index in [1.165, 1.54) is 5.56 Å². The van der Waals surface area contributed by atoms with Crippen LogP contribution in [0.5, 0.6) is 0 Å². The van der Waals surface area contributed by atoms with Gasteiger partial charge in [0, 0.05) is 25.2 Å². The zero-order valence-electron chi connectivity index (χ0n) is 17.6. The lowest BCUT2D eigenvalue weighted by atomic mass is 10.0. The third kappa shape index (κ3) is 3.01. The second-order valence-corrected chi connectivity index (χ2v) is 9.49. The molecule has 0 aromatic heterocycles. The first-order chi connectivity index (χ1) is 14.4. The maximum Gasteiger partial charge on any atom is 0.242 e. The quantitative estimate of drug-likeness (QED) is 0.791. The number of amides is 2. The van der Waals surface area contributed by atoms with Crippen LogP contribution in [0.15, 0.2) is 24.3 Å². The third-order valence-corrected chi connectivity index (χ3v) is 7.55. The summed E-state index contributed by atoms with van der Waals surface area (Å²) in [6.45, 7) is 5.28. The van der Waals surface area contributed by atoms with Crippen molar-refractivity contribution in [3.8, 4) is 6.07 Å². The highest BCUT2D eigenvalue weighted by Gasteiger charge is 2.56. The third-order valence-electron chi connectivity index (χ3n) is 7.55.